The summed E-state index contributed by atoms with van der Waals surface area (Å²) in [4.78, 5) is 11.0. The zero-order chi connectivity index (χ0) is 14.9. The Labute approximate surface area is 113 Å². The minimum absolute atomic E-state index is 0.0602. The summed E-state index contributed by atoms with van der Waals surface area (Å²) in [5, 5.41) is 11.5. The molecule has 0 saturated carbocycles. The molecule has 0 saturated heterocycles. The van der Waals surface area contributed by atoms with Gasteiger partial charge in [-0.1, -0.05) is 6.07 Å². The predicted molar refractivity (Wildman–Crippen MR) is 72.2 cm³/mol. The second-order valence-electron chi connectivity index (χ2n) is 4.33. The van der Waals surface area contributed by atoms with E-state index < -0.39 is 17.6 Å². The summed E-state index contributed by atoms with van der Waals surface area (Å²) in [6.07, 6.45) is 0. The highest BCUT2D eigenvalue weighted by molar-refractivity contribution is 5.95. The molecule has 2 aromatic carbocycles. The average molecular weight is 278 g/mol. The van der Waals surface area contributed by atoms with Gasteiger partial charge in [-0.15, -0.1) is 0 Å². The number of carbonyl (C=O) groups is 1. The Morgan fingerprint density at radius 3 is 2.45 bits per heavy atom. The first-order chi connectivity index (χ1) is 9.38. The van der Waals surface area contributed by atoms with E-state index in [1.54, 1.807) is 13.0 Å². The molecule has 0 atom stereocenters. The molecule has 104 valence electrons. The largest absolute Gasteiger partial charge is 0.478 e. The Balaban J connectivity index is 2.45. The van der Waals surface area contributed by atoms with Crippen molar-refractivity contribution in [2.24, 2.45) is 0 Å². The van der Waals surface area contributed by atoms with Gasteiger partial charge < -0.3 is 16.2 Å². The molecule has 0 bridgehead atoms. The number of anilines is 3. The lowest BCUT2D eigenvalue weighted by molar-refractivity contribution is 0.0698. The summed E-state index contributed by atoms with van der Waals surface area (Å²) < 4.78 is 27.4. The van der Waals surface area contributed by atoms with E-state index in [1.165, 1.54) is 12.1 Å². The van der Waals surface area contributed by atoms with Gasteiger partial charge in [0, 0.05) is 5.69 Å². The van der Waals surface area contributed by atoms with Gasteiger partial charge in [-0.05, 0) is 36.8 Å². The van der Waals surface area contributed by atoms with Crippen LogP contribution in [0.5, 0.6) is 0 Å². The zero-order valence-electron chi connectivity index (χ0n) is 10.6. The number of hydrogen-bond acceptors (Lipinski definition) is 3. The van der Waals surface area contributed by atoms with Gasteiger partial charge in [-0.25, -0.2) is 13.6 Å². The molecule has 0 aliphatic heterocycles. The minimum Gasteiger partial charge on any atom is -0.478 e. The number of nitrogens with two attached hydrogens (primary N) is 1. The molecule has 0 radical (unpaired) electrons. The highest BCUT2D eigenvalue weighted by atomic mass is 19.1. The van der Waals surface area contributed by atoms with Crippen LogP contribution in [-0.4, -0.2) is 11.1 Å². The molecule has 4 nitrogen and oxygen atoms in total. The molecule has 2 aromatic rings. The van der Waals surface area contributed by atoms with Gasteiger partial charge in [0.1, 0.15) is 11.6 Å². The number of benzene rings is 2. The van der Waals surface area contributed by atoms with Gasteiger partial charge in [0.15, 0.2) is 0 Å². The quantitative estimate of drug-likeness (QED) is 0.753. The number of aromatic carboxylic acids is 1. The van der Waals surface area contributed by atoms with Crippen LogP contribution in [0.2, 0.25) is 0 Å². The topological polar surface area (TPSA) is 75.3 Å². The molecule has 0 aliphatic carbocycles. The van der Waals surface area contributed by atoms with Crippen molar-refractivity contribution < 1.29 is 18.7 Å². The Kier molecular flexibility index (Phi) is 3.56. The molecule has 4 N–H and O–H groups in total. The fraction of sp³-hybridized carbons (Fsp3) is 0.0714. The second kappa shape index (κ2) is 5.16. The highest BCUT2D eigenvalue weighted by Crippen LogP contribution is 2.27. The van der Waals surface area contributed by atoms with Crippen molar-refractivity contribution in [3.8, 4) is 0 Å². The van der Waals surface area contributed by atoms with Crippen LogP contribution < -0.4 is 11.1 Å². The Bertz CT molecular complexity index is 687. The van der Waals surface area contributed by atoms with E-state index in [1.807, 2.05) is 0 Å². The summed E-state index contributed by atoms with van der Waals surface area (Å²) in [6.45, 7) is 1.76. The van der Waals surface area contributed by atoms with Crippen molar-refractivity contribution in [1.29, 1.82) is 0 Å². The summed E-state index contributed by atoms with van der Waals surface area (Å²) in [5.74, 6) is -2.60. The predicted octanol–water partition coefficient (Wildman–Crippen LogP) is 3.30. The lowest BCUT2D eigenvalue weighted by Crippen LogP contribution is -2.06. The third kappa shape index (κ3) is 2.69. The fourth-order valence-corrected chi connectivity index (χ4v) is 1.75. The van der Waals surface area contributed by atoms with Gasteiger partial charge in [-0.3, -0.25) is 0 Å². The van der Waals surface area contributed by atoms with Crippen molar-refractivity contribution in [2.75, 3.05) is 11.1 Å². The number of carboxylic acids is 1. The van der Waals surface area contributed by atoms with Gasteiger partial charge in [0.25, 0.3) is 0 Å². The zero-order valence-corrected chi connectivity index (χ0v) is 10.6. The van der Waals surface area contributed by atoms with E-state index >= 15 is 0 Å². The maximum atomic E-state index is 13.8. The highest BCUT2D eigenvalue weighted by Gasteiger charge is 2.14. The number of nitrogen functional groups attached to an aromatic ring is 1. The number of carboxylic acid groups (broad SMARTS) is 1. The third-order valence-electron chi connectivity index (χ3n) is 2.76. The molecule has 20 heavy (non-hydrogen) atoms. The number of aryl methyl sites for hydroxylation is 1. The van der Waals surface area contributed by atoms with Crippen molar-refractivity contribution in [2.45, 2.75) is 6.92 Å². The fourth-order valence-electron chi connectivity index (χ4n) is 1.75. The van der Waals surface area contributed by atoms with Crippen LogP contribution in [0, 0.1) is 18.6 Å². The smallest absolute Gasteiger partial charge is 0.337 e. The molecule has 0 unspecified atom stereocenters. The van der Waals surface area contributed by atoms with Gasteiger partial charge in [0.05, 0.1) is 16.9 Å². The molecular weight excluding hydrogens is 266 g/mol. The SMILES string of the molecule is Cc1ccc(F)c(Nc2cc(C(=O)O)c(N)cc2F)c1. The van der Waals surface area contributed by atoms with Crippen molar-refractivity contribution in [3.63, 3.8) is 0 Å². The number of hydrogen-bond donors (Lipinski definition) is 3. The van der Waals surface area contributed by atoms with E-state index in [0.29, 0.717) is 0 Å². The summed E-state index contributed by atoms with van der Waals surface area (Å²) in [6, 6.07) is 6.23. The first kappa shape index (κ1) is 13.8. The number of rotatable bonds is 3. The molecule has 0 aromatic heterocycles. The van der Waals surface area contributed by atoms with Crippen LogP contribution in [0.3, 0.4) is 0 Å². The molecule has 0 spiro atoms. The maximum Gasteiger partial charge on any atom is 0.337 e. The van der Waals surface area contributed by atoms with E-state index in [2.05, 4.69) is 5.32 Å². The molecule has 0 heterocycles. The Morgan fingerprint density at radius 1 is 1.15 bits per heavy atom. The summed E-state index contributed by atoms with van der Waals surface area (Å²) >= 11 is 0. The molecule has 0 aliphatic rings. The summed E-state index contributed by atoms with van der Waals surface area (Å²) in [5.41, 5.74) is 5.67. The lowest BCUT2D eigenvalue weighted by atomic mass is 10.1. The van der Waals surface area contributed by atoms with Crippen molar-refractivity contribution in [1.82, 2.24) is 0 Å². The maximum absolute atomic E-state index is 13.8. The number of nitrogens with one attached hydrogen (secondary N) is 1. The molecular formula is C14H12F2N2O2. The van der Waals surface area contributed by atoms with Crippen molar-refractivity contribution in [3.05, 3.63) is 53.1 Å². The van der Waals surface area contributed by atoms with E-state index in [9.17, 15) is 13.6 Å². The molecule has 2 rings (SSSR count). The third-order valence-corrected chi connectivity index (χ3v) is 2.76. The van der Waals surface area contributed by atoms with Gasteiger partial charge in [-0.2, -0.15) is 0 Å². The van der Waals surface area contributed by atoms with Crippen LogP contribution in [0.1, 0.15) is 15.9 Å². The minimum atomic E-state index is -1.28. The van der Waals surface area contributed by atoms with E-state index in [-0.39, 0.29) is 22.6 Å². The standard InChI is InChI=1S/C14H12F2N2O2/c1-7-2-3-9(15)12(4-7)18-13-5-8(14(19)20)11(17)6-10(13)16/h2-6,18H,17H2,1H3,(H,19,20). The molecule has 0 fully saturated rings. The van der Waals surface area contributed by atoms with E-state index in [0.717, 1.165) is 17.7 Å². The summed E-state index contributed by atoms with van der Waals surface area (Å²) in [7, 11) is 0. The Hall–Kier alpha value is -2.63. The first-order valence-corrected chi connectivity index (χ1v) is 5.74. The first-order valence-electron chi connectivity index (χ1n) is 5.74. The van der Waals surface area contributed by atoms with Crippen LogP contribution in [-0.2, 0) is 0 Å². The normalized spacial score (nSPS) is 10.3. The monoisotopic (exact) mass is 278 g/mol. The Morgan fingerprint density at radius 2 is 1.80 bits per heavy atom. The van der Waals surface area contributed by atoms with Crippen molar-refractivity contribution >= 4 is 23.0 Å². The van der Waals surface area contributed by atoms with Crippen LogP contribution in [0.25, 0.3) is 0 Å². The average Bonchev–Trinajstić information content (AvgIpc) is 2.36. The number of halogens is 2. The second-order valence-corrected chi connectivity index (χ2v) is 4.33. The molecule has 0 amide bonds. The van der Waals surface area contributed by atoms with Gasteiger partial charge >= 0.3 is 5.97 Å². The van der Waals surface area contributed by atoms with Crippen LogP contribution in [0.15, 0.2) is 30.3 Å². The lowest BCUT2D eigenvalue weighted by Gasteiger charge is -2.11. The van der Waals surface area contributed by atoms with E-state index in [4.69, 9.17) is 10.8 Å². The van der Waals surface area contributed by atoms with Crippen LogP contribution >= 0.6 is 0 Å². The molecule has 6 heteroatoms. The van der Waals surface area contributed by atoms with Crippen LogP contribution in [0.4, 0.5) is 25.8 Å². The van der Waals surface area contributed by atoms with Gasteiger partial charge in [0.2, 0.25) is 0 Å².